The van der Waals surface area contributed by atoms with Crippen molar-refractivity contribution in [2.45, 2.75) is 19.6 Å². The molecule has 0 unspecified atom stereocenters. The van der Waals surface area contributed by atoms with Gasteiger partial charge in [0.05, 0.1) is 13.1 Å². The standard InChI is InChI=1S/C23H24F3N7O4S/c1-2-33-21(37)17(38-22(33)16(9-27)20(36)30-13-23(24,25)26)10-29-14-4-3-5-15(8-14)31-19(35)12-32-7-6-28-18(34)11-32/h3-5,8,10,29H,2,6-7,11-13H2,1H3,(H,28,34)(H,30,36)(H,31,35). The van der Waals surface area contributed by atoms with E-state index in [2.05, 4.69) is 16.0 Å². The molecule has 3 rings (SSSR count). The fourth-order valence-electron chi connectivity index (χ4n) is 3.52. The van der Waals surface area contributed by atoms with Crippen LogP contribution in [0.3, 0.4) is 0 Å². The van der Waals surface area contributed by atoms with E-state index in [1.165, 1.54) is 6.20 Å². The molecule has 1 aliphatic heterocycles. The highest BCUT2D eigenvalue weighted by Gasteiger charge is 2.29. The summed E-state index contributed by atoms with van der Waals surface area (Å²) in [5.41, 5.74) is -0.167. The first-order valence-corrected chi connectivity index (χ1v) is 12.2. The Morgan fingerprint density at radius 1 is 1.26 bits per heavy atom. The molecule has 0 radical (unpaired) electrons. The number of anilines is 2. The first kappa shape index (κ1) is 28.4. The molecule has 0 spiro atoms. The van der Waals surface area contributed by atoms with E-state index in [-0.39, 0.29) is 40.6 Å². The lowest BCUT2D eigenvalue weighted by Gasteiger charge is -2.25. The zero-order valence-electron chi connectivity index (χ0n) is 20.1. The van der Waals surface area contributed by atoms with E-state index in [0.29, 0.717) is 24.5 Å². The van der Waals surface area contributed by atoms with Crippen molar-refractivity contribution in [2.75, 3.05) is 43.4 Å². The summed E-state index contributed by atoms with van der Waals surface area (Å²) in [7, 11) is 0. The van der Waals surface area contributed by atoms with Gasteiger partial charge in [0, 0.05) is 37.2 Å². The van der Waals surface area contributed by atoms with Crippen molar-refractivity contribution < 1.29 is 27.6 Å². The van der Waals surface area contributed by atoms with Gasteiger partial charge in [-0.2, -0.15) is 18.4 Å². The summed E-state index contributed by atoms with van der Waals surface area (Å²) in [6.45, 7) is 1.27. The third-order valence-corrected chi connectivity index (χ3v) is 6.36. The van der Waals surface area contributed by atoms with Crippen LogP contribution in [-0.4, -0.2) is 66.1 Å². The number of nitrogens with zero attached hydrogens (tertiary/aromatic N) is 3. The van der Waals surface area contributed by atoms with Crippen molar-refractivity contribution in [3.05, 3.63) is 43.8 Å². The summed E-state index contributed by atoms with van der Waals surface area (Å²) in [5.74, 6) is -1.69. The van der Waals surface area contributed by atoms with Crippen LogP contribution in [0.15, 0.2) is 29.1 Å². The van der Waals surface area contributed by atoms with Crippen molar-refractivity contribution in [3.63, 3.8) is 0 Å². The van der Waals surface area contributed by atoms with Crippen LogP contribution >= 0.6 is 11.3 Å². The minimum absolute atomic E-state index is 0.0417. The number of carbonyl (C=O) groups is 3. The molecule has 202 valence electrons. The first-order chi connectivity index (χ1) is 18.0. The van der Waals surface area contributed by atoms with E-state index in [1.807, 2.05) is 0 Å². The molecular weight excluding hydrogens is 527 g/mol. The third-order valence-electron chi connectivity index (χ3n) is 5.23. The largest absolute Gasteiger partial charge is 0.405 e. The van der Waals surface area contributed by atoms with Crippen molar-refractivity contribution in [3.8, 4) is 6.07 Å². The first-order valence-electron chi connectivity index (χ1n) is 11.4. The number of nitriles is 1. The molecule has 2 aromatic rings. The van der Waals surface area contributed by atoms with Gasteiger partial charge in [0.15, 0.2) is 5.57 Å². The SMILES string of the molecule is CCn1c(=C(C#N)C(=O)NCC(F)(F)F)sc(=CNc2cccc(NC(=O)CN3CCNC(=O)C3)c2)c1=O. The maximum absolute atomic E-state index is 12.8. The van der Waals surface area contributed by atoms with Crippen molar-refractivity contribution in [2.24, 2.45) is 0 Å². The van der Waals surface area contributed by atoms with E-state index in [9.17, 15) is 37.6 Å². The summed E-state index contributed by atoms with van der Waals surface area (Å²) in [6, 6.07) is 8.20. The number of thiazole rings is 1. The predicted octanol–water partition coefficient (Wildman–Crippen LogP) is -0.497. The van der Waals surface area contributed by atoms with Crippen molar-refractivity contribution in [1.82, 2.24) is 20.1 Å². The van der Waals surface area contributed by atoms with Gasteiger partial charge in [0.2, 0.25) is 11.8 Å². The Hall–Kier alpha value is -4.16. The average molecular weight is 552 g/mol. The number of benzene rings is 1. The van der Waals surface area contributed by atoms with Gasteiger partial charge >= 0.3 is 6.18 Å². The molecule has 1 aromatic carbocycles. The number of carbonyl (C=O) groups excluding carboxylic acids is 3. The molecular formula is C23H24F3N7O4S. The molecule has 38 heavy (non-hydrogen) atoms. The van der Waals surface area contributed by atoms with Crippen LogP contribution in [0.2, 0.25) is 0 Å². The lowest BCUT2D eigenvalue weighted by molar-refractivity contribution is -0.135. The van der Waals surface area contributed by atoms with Crippen LogP contribution in [0.4, 0.5) is 24.5 Å². The fraction of sp³-hybridized carbons (Fsp3) is 0.348. The molecule has 3 amide bonds. The van der Waals surface area contributed by atoms with Gasteiger partial charge in [0.25, 0.3) is 11.5 Å². The molecule has 1 aliphatic rings. The number of rotatable bonds is 8. The summed E-state index contributed by atoms with van der Waals surface area (Å²) < 4.78 is 38.6. The Morgan fingerprint density at radius 3 is 2.66 bits per heavy atom. The van der Waals surface area contributed by atoms with Crippen molar-refractivity contribution in [1.29, 1.82) is 5.26 Å². The average Bonchev–Trinajstić information content (AvgIpc) is 3.16. The fourth-order valence-corrected chi connectivity index (χ4v) is 4.61. The van der Waals surface area contributed by atoms with Gasteiger partial charge in [-0.25, -0.2) is 0 Å². The Kier molecular flexibility index (Phi) is 9.26. The highest BCUT2D eigenvalue weighted by Crippen LogP contribution is 2.15. The van der Waals surface area contributed by atoms with E-state index < -0.39 is 29.8 Å². The minimum Gasteiger partial charge on any atom is -0.360 e. The predicted molar refractivity (Wildman–Crippen MR) is 134 cm³/mol. The zero-order valence-corrected chi connectivity index (χ0v) is 21.0. The molecule has 1 fully saturated rings. The normalized spacial score (nSPS) is 15.3. The lowest BCUT2D eigenvalue weighted by atomic mass is 10.2. The van der Waals surface area contributed by atoms with Crippen LogP contribution in [0.25, 0.3) is 11.8 Å². The second-order valence-electron chi connectivity index (χ2n) is 8.08. The van der Waals surface area contributed by atoms with Crippen LogP contribution in [0.1, 0.15) is 6.92 Å². The maximum Gasteiger partial charge on any atom is 0.405 e. The van der Waals surface area contributed by atoms with E-state index in [0.717, 1.165) is 15.9 Å². The number of amides is 3. The van der Waals surface area contributed by atoms with Gasteiger partial charge in [-0.05, 0) is 25.1 Å². The highest BCUT2D eigenvalue weighted by molar-refractivity contribution is 7.07. The summed E-state index contributed by atoms with van der Waals surface area (Å²) in [5, 5.41) is 19.4. The molecule has 0 aliphatic carbocycles. The number of piperazine rings is 1. The molecule has 11 nitrogen and oxygen atoms in total. The number of halogens is 3. The third kappa shape index (κ3) is 7.67. The van der Waals surface area contributed by atoms with Gasteiger partial charge in [-0.15, -0.1) is 11.3 Å². The van der Waals surface area contributed by atoms with E-state index >= 15 is 0 Å². The maximum atomic E-state index is 12.8. The summed E-state index contributed by atoms with van der Waals surface area (Å²) >= 11 is 0.782. The number of hydrogen-bond acceptors (Lipinski definition) is 8. The summed E-state index contributed by atoms with van der Waals surface area (Å²) in [4.78, 5) is 50.5. The molecule has 1 aromatic heterocycles. The van der Waals surface area contributed by atoms with Crippen LogP contribution in [0, 0.1) is 11.3 Å². The monoisotopic (exact) mass is 551 g/mol. The van der Waals surface area contributed by atoms with Crippen LogP contribution in [-0.2, 0) is 20.9 Å². The topological polar surface area (TPSA) is 148 Å². The highest BCUT2D eigenvalue weighted by atomic mass is 32.1. The Balaban J connectivity index is 1.79. The minimum atomic E-state index is -4.66. The van der Waals surface area contributed by atoms with Gasteiger partial charge in [0.1, 0.15) is 21.8 Å². The number of hydrogen-bond donors (Lipinski definition) is 4. The quantitative estimate of drug-likeness (QED) is 0.346. The van der Waals surface area contributed by atoms with E-state index in [4.69, 9.17) is 0 Å². The van der Waals surface area contributed by atoms with Gasteiger partial charge in [-0.3, -0.25) is 28.6 Å². The van der Waals surface area contributed by atoms with Crippen LogP contribution < -0.4 is 36.0 Å². The zero-order chi connectivity index (χ0) is 27.9. The van der Waals surface area contributed by atoms with Crippen LogP contribution in [0.5, 0.6) is 0 Å². The molecule has 15 heteroatoms. The smallest absolute Gasteiger partial charge is 0.360 e. The molecule has 4 N–H and O–H groups in total. The Morgan fingerprint density at radius 2 is 2.00 bits per heavy atom. The second kappa shape index (κ2) is 12.4. The number of alkyl halides is 3. The molecule has 1 saturated heterocycles. The van der Waals surface area contributed by atoms with Crippen molar-refractivity contribution >= 4 is 52.2 Å². The molecule has 0 atom stereocenters. The van der Waals surface area contributed by atoms with Gasteiger partial charge in [-0.1, -0.05) is 6.07 Å². The summed E-state index contributed by atoms with van der Waals surface area (Å²) in [6.07, 6.45) is -3.31. The Bertz CT molecular complexity index is 1440. The molecule has 0 saturated carbocycles. The second-order valence-corrected chi connectivity index (χ2v) is 9.11. The Labute approximate surface area is 218 Å². The lowest BCUT2D eigenvalue weighted by Crippen LogP contribution is -2.49. The van der Waals surface area contributed by atoms with E-state index in [1.54, 1.807) is 47.5 Å². The number of aromatic nitrogens is 1. The number of nitrogens with one attached hydrogen (secondary N) is 4. The van der Waals surface area contributed by atoms with Gasteiger partial charge < -0.3 is 21.3 Å². The molecule has 2 heterocycles. The molecule has 0 bridgehead atoms.